The number of rotatable bonds is 22. The third kappa shape index (κ3) is 14.7. The van der Waals surface area contributed by atoms with Gasteiger partial charge >= 0.3 is 0 Å². The van der Waals surface area contributed by atoms with Crippen molar-refractivity contribution >= 4 is 12.1 Å². The van der Waals surface area contributed by atoms with E-state index in [0.717, 1.165) is 30.7 Å². The number of quaternary nitrogens is 1. The van der Waals surface area contributed by atoms with Gasteiger partial charge in [-0.25, -0.2) is 4.99 Å². The second kappa shape index (κ2) is 20.2. The van der Waals surface area contributed by atoms with Crippen LogP contribution in [0.15, 0.2) is 17.1 Å². The van der Waals surface area contributed by atoms with Crippen LogP contribution in [0.4, 0.5) is 0 Å². The fourth-order valence-electron chi connectivity index (χ4n) is 5.06. The molecule has 4 heteroatoms. The zero-order valence-corrected chi connectivity index (χ0v) is 22.5. The number of hydrogen-bond donors (Lipinski definition) is 1. The lowest BCUT2D eigenvalue weighted by atomic mass is 10.1. The Morgan fingerprint density at radius 1 is 0.879 bits per heavy atom. The number of aliphatic imine (C=N–C) groups is 1. The summed E-state index contributed by atoms with van der Waals surface area (Å²) in [4.78, 5) is 16.0. The third-order valence-electron chi connectivity index (χ3n) is 7.39. The van der Waals surface area contributed by atoms with Crippen molar-refractivity contribution in [3.8, 4) is 0 Å². The summed E-state index contributed by atoms with van der Waals surface area (Å²) in [5.74, 6) is 0.0699. The number of carbonyl (C=O) groups is 1. The summed E-state index contributed by atoms with van der Waals surface area (Å²) in [6, 6.07) is 0. The van der Waals surface area contributed by atoms with Crippen molar-refractivity contribution in [3.05, 3.63) is 12.2 Å². The average molecular weight is 463 g/mol. The molecular weight excluding hydrogens is 406 g/mol. The number of nitrogens with one attached hydrogen (secondary N) is 1. The molecular formula is C29H56N3O+. The van der Waals surface area contributed by atoms with Crippen molar-refractivity contribution < 1.29 is 9.28 Å². The van der Waals surface area contributed by atoms with E-state index >= 15 is 0 Å². The van der Waals surface area contributed by atoms with Gasteiger partial charge in [-0.05, 0) is 39.0 Å². The van der Waals surface area contributed by atoms with E-state index < -0.39 is 0 Å². The van der Waals surface area contributed by atoms with Gasteiger partial charge in [0.25, 0.3) is 0 Å². The van der Waals surface area contributed by atoms with Crippen LogP contribution in [0.1, 0.15) is 130 Å². The molecule has 0 bridgehead atoms. The highest BCUT2D eigenvalue weighted by atomic mass is 16.1. The monoisotopic (exact) mass is 462 g/mol. The van der Waals surface area contributed by atoms with Crippen LogP contribution in [0.3, 0.4) is 0 Å². The Hall–Kier alpha value is -1.16. The van der Waals surface area contributed by atoms with Gasteiger partial charge in [0.2, 0.25) is 5.91 Å². The average Bonchev–Trinajstić information content (AvgIpc) is 3.21. The molecule has 0 saturated carbocycles. The Balaban J connectivity index is 1.94. The van der Waals surface area contributed by atoms with Gasteiger partial charge in [0, 0.05) is 13.3 Å². The first-order chi connectivity index (χ1) is 16.1. The third-order valence-corrected chi connectivity index (χ3v) is 7.39. The maximum atomic E-state index is 11.2. The van der Waals surface area contributed by atoms with E-state index in [2.05, 4.69) is 37.5 Å². The molecule has 1 amide bonds. The topological polar surface area (TPSA) is 41.5 Å². The minimum atomic E-state index is 0.0699. The minimum absolute atomic E-state index is 0.0699. The molecule has 1 aliphatic heterocycles. The highest BCUT2D eigenvalue weighted by Gasteiger charge is 2.37. The number of nitrogens with zero attached hydrogens (tertiary/aromatic N) is 2. The van der Waals surface area contributed by atoms with Crippen molar-refractivity contribution in [1.29, 1.82) is 0 Å². The molecule has 4 nitrogen and oxygen atoms in total. The van der Waals surface area contributed by atoms with E-state index in [1.807, 2.05) is 0 Å². The summed E-state index contributed by atoms with van der Waals surface area (Å²) in [6.45, 7) is 10.0. The molecule has 2 atom stereocenters. The van der Waals surface area contributed by atoms with Crippen molar-refractivity contribution in [2.75, 3.05) is 26.2 Å². The van der Waals surface area contributed by atoms with Crippen LogP contribution in [0.5, 0.6) is 0 Å². The summed E-state index contributed by atoms with van der Waals surface area (Å²) in [5.41, 5.74) is 0. The van der Waals surface area contributed by atoms with Crippen molar-refractivity contribution in [1.82, 2.24) is 5.32 Å². The molecule has 2 unspecified atom stereocenters. The molecule has 0 spiro atoms. The molecule has 0 aromatic rings. The van der Waals surface area contributed by atoms with Crippen LogP contribution >= 0.6 is 0 Å². The summed E-state index contributed by atoms with van der Waals surface area (Å²) in [5, 5.41) is 2.97. The molecule has 0 aromatic heterocycles. The van der Waals surface area contributed by atoms with Crippen molar-refractivity contribution in [2.24, 2.45) is 4.99 Å². The fourth-order valence-corrected chi connectivity index (χ4v) is 5.06. The van der Waals surface area contributed by atoms with E-state index in [0.29, 0.717) is 6.17 Å². The van der Waals surface area contributed by atoms with E-state index in [-0.39, 0.29) is 5.91 Å². The maximum Gasteiger partial charge on any atom is 0.217 e. The van der Waals surface area contributed by atoms with Crippen LogP contribution < -0.4 is 5.32 Å². The number of hydrogen-bond acceptors (Lipinski definition) is 2. The summed E-state index contributed by atoms with van der Waals surface area (Å²) >= 11 is 0. The van der Waals surface area contributed by atoms with E-state index in [4.69, 9.17) is 4.99 Å². The Labute approximate surface area is 206 Å². The minimum Gasteiger partial charge on any atom is -0.351 e. The molecule has 33 heavy (non-hydrogen) atoms. The van der Waals surface area contributed by atoms with Gasteiger partial charge in [0.1, 0.15) is 6.54 Å². The molecule has 0 radical (unpaired) electrons. The van der Waals surface area contributed by atoms with Gasteiger partial charge in [-0.2, -0.15) is 0 Å². The summed E-state index contributed by atoms with van der Waals surface area (Å²) in [7, 11) is 0. The van der Waals surface area contributed by atoms with E-state index in [9.17, 15) is 4.79 Å². The first kappa shape index (κ1) is 29.9. The number of unbranched alkanes of at least 4 members (excludes halogenated alkanes) is 14. The quantitative estimate of drug-likeness (QED) is 0.101. The lowest BCUT2D eigenvalue weighted by molar-refractivity contribution is -0.935. The number of carbonyl (C=O) groups excluding carboxylic acids is 1. The van der Waals surface area contributed by atoms with E-state index in [1.54, 1.807) is 6.92 Å². The lowest BCUT2D eigenvalue weighted by Gasteiger charge is -2.38. The number of allylic oxidation sites excluding steroid dienone is 2. The Kier molecular flexibility index (Phi) is 18.3. The van der Waals surface area contributed by atoms with Gasteiger partial charge in [-0.1, -0.05) is 89.7 Å². The number of amides is 1. The van der Waals surface area contributed by atoms with Gasteiger partial charge in [-0.3, -0.25) is 9.28 Å². The largest absolute Gasteiger partial charge is 0.351 e. The molecule has 0 saturated heterocycles. The standard InChI is InChI=1S/C29H55N3O/c1-4-6-7-8-9-10-11-12-13-14-15-16-17-18-19-20-21-22-23-29-31-25-27-32(29,5-2)26-24-30-28(3)33/h13-14,25,29H,4-12,15-24,26-27H2,1-3H3/p+1/b14-13+. The molecule has 1 rings (SSSR count). The first-order valence-electron chi connectivity index (χ1n) is 14.4. The van der Waals surface area contributed by atoms with Crippen LogP contribution in [0, 0.1) is 0 Å². The lowest BCUT2D eigenvalue weighted by Crippen LogP contribution is -2.55. The van der Waals surface area contributed by atoms with Crippen LogP contribution in [0.25, 0.3) is 0 Å². The molecule has 1 aliphatic rings. The predicted molar refractivity (Wildman–Crippen MR) is 145 cm³/mol. The molecule has 0 fully saturated rings. The Morgan fingerprint density at radius 2 is 1.42 bits per heavy atom. The highest BCUT2D eigenvalue weighted by molar-refractivity contribution is 5.72. The summed E-state index contributed by atoms with van der Waals surface area (Å²) in [6.07, 6.45) is 30.4. The normalized spacial score (nSPS) is 20.2. The van der Waals surface area contributed by atoms with Crippen LogP contribution in [-0.2, 0) is 4.79 Å². The molecule has 192 valence electrons. The smallest absolute Gasteiger partial charge is 0.217 e. The van der Waals surface area contributed by atoms with Crippen LogP contribution in [0.2, 0.25) is 0 Å². The second-order valence-electron chi connectivity index (χ2n) is 10.2. The van der Waals surface area contributed by atoms with Crippen LogP contribution in [-0.4, -0.2) is 48.9 Å². The molecule has 1 heterocycles. The first-order valence-corrected chi connectivity index (χ1v) is 14.4. The zero-order chi connectivity index (χ0) is 24.0. The SMILES string of the molecule is CCCCCCCCC/C=C/CCCCCCCCCC1N=CC[N+]1(CC)CCNC(C)=O. The Morgan fingerprint density at radius 3 is 1.97 bits per heavy atom. The Bertz CT molecular complexity index is 531. The van der Waals surface area contributed by atoms with E-state index in [1.165, 1.54) is 109 Å². The number of likely N-dealkylation sites (N-methyl/N-ethyl adjacent to an activating group) is 1. The second-order valence-corrected chi connectivity index (χ2v) is 10.2. The predicted octanol–water partition coefficient (Wildman–Crippen LogP) is 7.58. The van der Waals surface area contributed by atoms with Crippen molar-refractivity contribution in [2.45, 2.75) is 136 Å². The molecule has 1 N–H and O–H groups in total. The summed E-state index contributed by atoms with van der Waals surface area (Å²) < 4.78 is 1.02. The molecule has 0 aliphatic carbocycles. The maximum absolute atomic E-state index is 11.2. The van der Waals surface area contributed by atoms with Crippen molar-refractivity contribution in [3.63, 3.8) is 0 Å². The fraction of sp³-hybridized carbons (Fsp3) is 0.862. The van der Waals surface area contributed by atoms with Gasteiger partial charge in [-0.15, -0.1) is 0 Å². The zero-order valence-electron chi connectivity index (χ0n) is 22.5. The highest BCUT2D eigenvalue weighted by Crippen LogP contribution is 2.24. The van der Waals surface area contributed by atoms with Gasteiger partial charge in [0.05, 0.1) is 25.8 Å². The van der Waals surface area contributed by atoms with Gasteiger partial charge in [0.15, 0.2) is 6.17 Å². The van der Waals surface area contributed by atoms with Gasteiger partial charge < -0.3 is 5.32 Å². The molecule has 0 aromatic carbocycles.